The van der Waals surface area contributed by atoms with E-state index in [2.05, 4.69) is 20.3 Å². The minimum Gasteiger partial charge on any atom is -0.377 e. The van der Waals surface area contributed by atoms with Crippen molar-refractivity contribution >= 4 is 11.6 Å². The van der Waals surface area contributed by atoms with Crippen LogP contribution in [0, 0.1) is 5.92 Å². The Kier molecular flexibility index (Phi) is 4.55. The van der Waals surface area contributed by atoms with Gasteiger partial charge < -0.3 is 15.1 Å². The maximum Gasteiger partial charge on any atom is 0.158 e. The van der Waals surface area contributed by atoms with Gasteiger partial charge in [-0.15, -0.1) is 0 Å². The third-order valence-corrected chi connectivity index (χ3v) is 4.72. The Morgan fingerprint density at radius 1 is 1.29 bits per heavy atom. The minimum absolute atomic E-state index is 0.407. The Labute approximate surface area is 126 Å². The number of rotatable bonds is 5. The van der Waals surface area contributed by atoms with Crippen molar-refractivity contribution in [2.45, 2.75) is 51.2 Å². The van der Waals surface area contributed by atoms with E-state index in [-0.39, 0.29) is 0 Å². The molecule has 3 N–H and O–H groups in total. The van der Waals surface area contributed by atoms with Crippen LogP contribution in [0.3, 0.4) is 0 Å². The van der Waals surface area contributed by atoms with Gasteiger partial charge in [-0.3, -0.25) is 0 Å². The third kappa shape index (κ3) is 3.11. The lowest BCUT2D eigenvalue weighted by atomic mass is 9.96. The highest BCUT2D eigenvalue weighted by Gasteiger charge is 2.34. The molecule has 0 spiro atoms. The van der Waals surface area contributed by atoms with Gasteiger partial charge in [0.25, 0.3) is 0 Å². The minimum atomic E-state index is 0.407. The summed E-state index contributed by atoms with van der Waals surface area (Å²) in [4.78, 5) is 11.5. The molecule has 6 heteroatoms. The van der Waals surface area contributed by atoms with Crippen LogP contribution >= 0.6 is 0 Å². The van der Waals surface area contributed by atoms with E-state index in [0.29, 0.717) is 24.3 Å². The fourth-order valence-electron chi connectivity index (χ4n) is 3.81. The van der Waals surface area contributed by atoms with Crippen molar-refractivity contribution in [3.8, 4) is 0 Å². The number of nitrogen functional groups attached to an aromatic ring is 1. The van der Waals surface area contributed by atoms with Gasteiger partial charge in [-0.1, -0.05) is 12.8 Å². The van der Waals surface area contributed by atoms with Gasteiger partial charge in [0.2, 0.25) is 0 Å². The van der Waals surface area contributed by atoms with E-state index < -0.39 is 0 Å². The second kappa shape index (κ2) is 6.58. The predicted molar refractivity (Wildman–Crippen MR) is 82.9 cm³/mol. The van der Waals surface area contributed by atoms with E-state index in [1.54, 1.807) is 7.11 Å². The number of methoxy groups -OCH3 is 1. The Bertz CT molecular complexity index is 475. The first-order chi connectivity index (χ1) is 10.3. The van der Waals surface area contributed by atoms with Crippen LogP contribution in [0.1, 0.15) is 44.3 Å². The lowest BCUT2D eigenvalue weighted by Gasteiger charge is -2.30. The van der Waals surface area contributed by atoms with Crippen molar-refractivity contribution < 1.29 is 4.74 Å². The van der Waals surface area contributed by atoms with Crippen molar-refractivity contribution in [1.82, 2.24) is 9.97 Å². The molecule has 1 aliphatic carbocycles. The molecule has 1 aromatic rings. The van der Waals surface area contributed by atoms with Gasteiger partial charge >= 0.3 is 0 Å². The van der Waals surface area contributed by atoms with Gasteiger partial charge in [0.05, 0.1) is 0 Å². The van der Waals surface area contributed by atoms with E-state index in [0.717, 1.165) is 18.3 Å². The molecule has 1 unspecified atom stereocenters. The number of hydrazine groups is 1. The van der Waals surface area contributed by atoms with E-state index in [1.165, 1.54) is 38.5 Å². The van der Waals surface area contributed by atoms with Gasteiger partial charge in [0, 0.05) is 25.8 Å². The Morgan fingerprint density at radius 3 is 2.81 bits per heavy atom. The molecule has 116 valence electrons. The molecule has 0 radical (unpaired) electrons. The molecule has 1 atom stereocenters. The van der Waals surface area contributed by atoms with Gasteiger partial charge in [-0.25, -0.2) is 15.8 Å². The Balaban J connectivity index is 1.85. The van der Waals surface area contributed by atoms with Crippen molar-refractivity contribution in [3.05, 3.63) is 11.9 Å². The zero-order chi connectivity index (χ0) is 14.7. The molecule has 0 bridgehead atoms. The molecule has 3 rings (SSSR count). The summed E-state index contributed by atoms with van der Waals surface area (Å²) in [7, 11) is 1.66. The summed E-state index contributed by atoms with van der Waals surface area (Å²) >= 11 is 0. The van der Waals surface area contributed by atoms with Crippen LogP contribution in [0.15, 0.2) is 6.07 Å². The van der Waals surface area contributed by atoms with Gasteiger partial charge in [-0.2, -0.15) is 0 Å². The van der Waals surface area contributed by atoms with Crippen molar-refractivity contribution in [1.29, 1.82) is 0 Å². The van der Waals surface area contributed by atoms with E-state index >= 15 is 0 Å². The summed E-state index contributed by atoms with van der Waals surface area (Å²) in [6, 6.07) is 2.58. The van der Waals surface area contributed by atoms with Crippen LogP contribution < -0.4 is 16.2 Å². The molecule has 0 aromatic carbocycles. The molecule has 1 saturated heterocycles. The molecule has 21 heavy (non-hydrogen) atoms. The first-order valence-corrected chi connectivity index (χ1v) is 7.92. The standard InChI is InChI=1S/C15H25N5O/c1-21-10-14-17-13(19-16)9-15(18-14)20-8-4-7-12(20)11-5-2-3-6-11/h9,11-12H,2-8,10,16H2,1H3,(H,17,18,19). The number of nitrogens with one attached hydrogen (secondary N) is 1. The van der Waals surface area contributed by atoms with Crippen LogP contribution in [-0.4, -0.2) is 29.7 Å². The topological polar surface area (TPSA) is 76.3 Å². The lowest BCUT2D eigenvalue weighted by molar-refractivity contribution is 0.178. The summed E-state index contributed by atoms with van der Waals surface area (Å²) in [5.41, 5.74) is 2.64. The summed E-state index contributed by atoms with van der Waals surface area (Å²) in [5.74, 6) is 8.68. The largest absolute Gasteiger partial charge is 0.377 e. The van der Waals surface area contributed by atoms with E-state index in [1.807, 2.05) is 6.07 Å². The molecular formula is C15H25N5O. The summed E-state index contributed by atoms with van der Waals surface area (Å²) in [6.45, 7) is 1.49. The molecule has 2 heterocycles. The second-order valence-corrected chi connectivity index (χ2v) is 6.05. The highest BCUT2D eigenvalue weighted by molar-refractivity contribution is 5.50. The van der Waals surface area contributed by atoms with Crippen LogP contribution in [0.25, 0.3) is 0 Å². The number of hydrogen-bond donors (Lipinski definition) is 2. The molecule has 0 amide bonds. The van der Waals surface area contributed by atoms with Crippen LogP contribution in [0.4, 0.5) is 11.6 Å². The number of ether oxygens (including phenoxy) is 1. The van der Waals surface area contributed by atoms with Gasteiger partial charge in [0.15, 0.2) is 5.82 Å². The molecule has 1 aromatic heterocycles. The fraction of sp³-hybridized carbons (Fsp3) is 0.733. The average Bonchev–Trinajstić information content (AvgIpc) is 3.17. The maximum absolute atomic E-state index is 5.54. The van der Waals surface area contributed by atoms with Crippen LogP contribution in [0.5, 0.6) is 0 Å². The van der Waals surface area contributed by atoms with Gasteiger partial charge in [-0.05, 0) is 31.6 Å². The molecule has 2 fully saturated rings. The summed E-state index contributed by atoms with van der Waals surface area (Å²) < 4.78 is 5.16. The number of anilines is 2. The first kappa shape index (κ1) is 14.5. The highest BCUT2D eigenvalue weighted by atomic mass is 16.5. The molecule has 1 saturated carbocycles. The van der Waals surface area contributed by atoms with Crippen molar-refractivity contribution in [2.24, 2.45) is 11.8 Å². The summed E-state index contributed by atoms with van der Waals surface area (Å²) in [6.07, 6.45) is 8.00. The smallest absolute Gasteiger partial charge is 0.158 e. The monoisotopic (exact) mass is 291 g/mol. The average molecular weight is 291 g/mol. The fourth-order valence-corrected chi connectivity index (χ4v) is 3.81. The SMILES string of the molecule is COCc1nc(NN)cc(N2CCCC2C2CCCC2)n1. The first-order valence-electron chi connectivity index (χ1n) is 7.92. The van der Waals surface area contributed by atoms with E-state index in [4.69, 9.17) is 10.6 Å². The quantitative estimate of drug-likeness (QED) is 0.639. The van der Waals surface area contributed by atoms with Crippen LogP contribution in [-0.2, 0) is 11.3 Å². The predicted octanol–water partition coefficient (Wildman–Crippen LogP) is 2.07. The van der Waals surface area contributed by atoms with Crippen molar-refractivity contribution in [3.63, 3.8) is 0 Å². The van der Waals surface area contributed by atoms with E-state index in [9.17, 15) is 0 Å². The van der Waals surface area contributed by atoms with Crippen molar-refractivity contribution in [2.75, 3.05) is 24.0 Å². The highest BCUT2D eigenvalue weighted by Crippen LogP contribution is 2.37. The van der Waals surface area contributed by atoms with Crippen LogP contribution in [0.2, 0.25) is 0 Å². The maximum atomic E-state index is 5.54. The normalized spacial score (nSPS) is 23.0. The second-order valence-electron chi connectivity index (χ2n) is 6.05. The Hall–Kier alpha value is -1.40. The number of hydrogen-bond acceptors (Lipinski definition) is 6. The molecule has 1 aliphatic heterocycles. The number of nitrogens with two attached hydrogens (primary N) is 1. The van der Waals surface area contributed by atoms with Gasteiger partial charge in [0.1, 0.15) is 18.2 Å². The zero-order valence-corrected chi connectivity index (χ0v) is 12.7. The molecular weight excluding hydrogens is 266 g/mol. The third-order valence-electron chi connectivity index (χ3n) is 4.72. The zero-order valence-electron chi connectivity index (χ0n) is 12.7. The number of aromatic nitrogens is 2. The molecule has 2 aliphatic rings. The lowest BCUT2D eigenvalue weighted by Crippen LogP contribution is -2.35. The Morgan fingerprint density at radius 2 is 2.10 bits per heavy atom. The summed E-state index contributed by atoms with van der Waals surface area (Å²) in [5, 5.41) is 0. The molecule has 6 nitrogen and oxygen atoms in total. The number of nitrogens with zero attached hydrogens (tertiary/aromatic N) is 3.